The van der Waals surface area contributed by atoms with Crippen molar-refractivity contribution in [2.45, 2.75) is 13.8 Å². The van der Waals surface area contributed by atoms with Crippen LogP contribution in [-0.2, 0) is 4.79 Å². The normalized spacial score (nSPS) is 10.7. The molecule has 0 atom stereocenters. The molecule has 0 bridgehead atoms. The first-order chi connectivity index (χ1) is 13.4. The summed E-state index contributed by atoms with van der Waals surface area (Å²) in [5, 5.41) is 6.55. The summed E-state index contributed by atoms with van der Waals surface area (Å²) in [5.41, 5.74) is 1.68. The maximum absolute atomic E-state index is 12.4. The fourth-order valence-corrected chi connectivity index (χ4v) is 2.86. The summed E-state index contributed by atoms with van der Waals surface area (Å²) in [6, 6.07) is 14.3. The third-order valence-electron chi connectivity index (χ3n) is 4.16. The molecule has 1 amide bonds. The predicted molar refractivity (Wildman–Crippen MR) is 114 cm³/mol. The molecule has 0 spiro atoms. The van der Waals surface area contributed by atoms with Gasteiger partial charge in [0.15, 0.2) is 5.11 Å². The van der Waals surface area contributed by atoms with E-state index in [1.54, 1.807) is 44.2 Å². The first-order valence-electron chi connectivity index (χ1n) is 8.72. The van der Waals surface area contributed by atoms with E-state index in [1.807, 2.05) is 18.2 Å². The SMILES string of the molecule is COc1ccc(-c2cc3ccccc3oc2=O)cc1NC(=S)NC(=O)C(C)C. The quantitative estimate of drug-likeness (QED) is 0.514. The number of para-hydroxylation sites is 1. The highest BCUT2D eigenvalue weighted by molar-refractivity contribution is 7.80. The Balaban J connectivity index is 1.97. The monoisotopic (exact) mass is 396 g/mol. The zero-order valence-corrected chi connectivity index (χ0v) is 16.6. The Morgan fingerprint density at radius 1 is 1.14 bits per heavy atom. The lowest BCUT2D eigenvalue weighted by Gasteiger charge is -2.15. The number of thiocarbonyl (C=S) groups is 1. The van der Waals surface area contributed by atoms with Gasteiger partial charge in [-0.05, 0) is 42.0 Å². The van der Waals surface area contributed by atoms with Crippen LogP contribution in [0.2, 0.25) is 0 Å². The molecule has 3 aromatic rings. The molecule has 0 fully saturated rings. The molecule has 1 heterocycles. The number of ether oxygens (including phenoxy) is 1. The number of hydrogen-bond acceptors (Lipinski definition) is 5. The standard InChI is InChI=1S/C21H20N2O4S/c1-12(2)19(24)23-21(28)22-16-11-13(8-9-18(16)26-3)15-10-14-6-4-5-7-17(14)27-20(15)25/h4-12H,1-3H3,(H2,22,23,24,28). The molecule has 2 aromatic carbocycles. The minimum Gasteiger partial charge on any atom is -0.495 e. The Labute approximate surface area is 167 Å². The molecule has 3 rings (SSSR count). The highest BCUT2D eigenvalue weighted by Gasteiger charge is 2.14. The van der Waals surface area contributed by atoms with Crippen molar-refractivity contribution in [2.75, 3.05) is 12.4 Å². The molecule has 0 unspecified atom stereocenters. The van der Waals surface area contributed by atoms with Crippen LogP contribution in [0.3, 0.4) is 0 Å². The van der Waals surface area contributed by atoms with Gasteiger partial charge < -0.3 is 19.8 Å². The van der Waals surface area contributed by atoms with Gasteiger partial charge in [0, 0.05) is 11.3 Å². The van der Waals surface area contributed by atoms with Crippen LogP contribution < -0.4 is 21.0 Å². The summed E-state index contributed by atoms with van der Waals surface area (Å²) in [7, 11) is 1.53. The molecule has 0 aliphatic carbocycles. The van der Waals surface area contributed by atoms with Crippen LogP contribution in [0.25, 0.3) is 22.1 Å². The van der Waals surface area contributed by atoms with Gasteiger partial charge in [0.05, 0.1) is 18.4 Å². The second-order valence-electron chi connectivity index (χ2n) is 6.50. The molecule has 0 saturated carbocycles. The van der Waals surface area contributed by atoms with Crippen molar-refractivity contribution in [1.82, 2.24) is 5.32 Å². The summed E-state index contributed by atoms with van der Waals surface area (Å²) in [6.45, 7) is 3.55. The zero-order valence-electron chi connectivity index (χ0n) is 15.7. The van der Waals surface area contributed by atoms with Gasteiger partial charge in [-0.25, -0.2) is 4.79 Å². The van der Waals surface area contributed by atoms with Crippen LogP contribution in [-0.4, -0.2) is 18.1 Å². The van der Waals surface area contributed by atoms with E-state index < -0.39 is 5.63 Å². The molecule has 7 heteroatoms. The summed E-state index contributed by atoms with van der Waals surface area (Å²) in [6.07, 6.45) is 0. The van der Waals surface area contributed by atoms with Gasteiger partial charge in [-0.15, -0.1) is 0 Å². The lowest BCUT2D eigenvalue weighted by molar-refractivity contribution is -0.122. The molecule has 0 radical (unpaired) electrons. The zero-order chi connectivity index (χ0) is 20.3. The second kappa shape index (κ2) is 8.22. The first-order valence-corrected chi connectivity index (χ1v) is 9.13. The minimum atomic E-state index is -0.439. The Bertz CT molecular complexity index is 1110. The summed E-state index contributed by atoms with van der Waals surface area (Å²) in [5.74, 6) is 0.132. The molecule has 1 aromatic heterocycles. The van der Waals surface area contributed by atoms with Crippen molar-refractivity contribution in [3.05, 3.63) is 59.0 Å². The van der Waals surface area contributed by atoms with E-state index in [2.05, 4.69) is 10.6 Å². The number of carbonyl (C=O) groups excluding carboxylic acids is 1. The van der Waals surface area contributed by atoms with E-state index in [4.69, 9.17) is 21.4 Å². The Morgan fingerprint density at radius 2 is 1.89 bits per heavy atom. The maximum atomic E-state index is 12.4. The largest absolute Gasteiger partial charge is 0.495 e. The third-order valence-corrected chi connectivity index (χ3v) is 4.37. The average Bonchev–Trinajstić information content (AvgIpc) is 2.67. The average molecular weight is 396 g/mol. The summed E-state index contributed by atoms with van der Waals surface area (Å²) < 4.78 is 10.8. The number of benzene rings is 2. The van der Waals surface area contributed by atoms with E-state index in [0.717, 1.165) is 5.39 Å². The third kappa shape index (κ3) is 4.20. The lowest BCUT2D eigenvalue weighted by Crippen LogP contribution is -2.36. The molecular weight excluding hydrogens is 376 g/mol. The number of amides is 1. The van der Waals surface area contributed by atoms with Crippen molar-refractivity contribution in [2.24, 2.45) is 5.92 Å². The van der Waals surface area contributed by atoms with Crippen molar-refractivity contribution in [3.8, 4) is 16.9 Å². The predicted octanol–water partition coefficient (Wildman–Crippen LogP) is 3.94. The van der Waals surface area contributed by atoms with Crippen molar-refractivity contribution >= 4 is 39.9 Å². The molecular formula is C21H20N2O4S. The van der Waals surface area contributed by atoms with Crippen LogP contribution in [0, 0.1) is 5.92 Å². The number of fused-ring (bicyclic) bond motifs is 1. The molecule has 0 saturated heterocycles. The minimum absolute atomic E-state index is 0.152. The Kier molecular flexibility index (Phi) is 5.75. The molecule has 0 aliphatic heterocycles. The van der Waals surface area contributed by atoms with Crippen LogP contribution in [0.15, 0.2) is 57.7 Å². The van der Waals surface area contributed by atoms with Crippen molar-refractivity contribution < 1.29 is 13.9 Å². The second-order valence-corrected chi connectivity index (χ2v) is 6.91. The van der Waals surface area contributed by atoms with Crippen LogP contribution >= 0.6 is 12.2 Å². The smallest absolute Gasteiger partial charge is 0.344 e. The molecule has 2 N–H and O–H groups in total. The number of hydrogen-bond donors (Lipinski definition) is 2. The topological polar surface area (TPSA) is 80.6 Å². The van der Waals surface area contributed by atoms with Gasteiger partial charge in [0.25, 0.3) is 0 Å². The fraction of sp³-hybridized carbons (Fsp3) is 0.190. The van der Waals surface area contributed by atoms with E-state index >= 15 is 0 Å². The van der Waals surface area contributed by atoms with E-state index in [1.165, 1.54) is 7.11 Å². The van der Waals surface area contributed by atoms with E-state index in [9.17, 15) is 9.59 Å². The first kappa shape index (κ1) is 19.6. The molecule has 0 aliphatic rings. The van der Waals surface area contributed by atoms with Gasteiger partial charge in [-0.1, -0.05) is 38.1 Å². The van der Waals surface area contributed by atoms with Gasteiger partial charge >= 0.3 is 5.63 Å². The van der Waals surface area contributed by atoms with Gasteiger partial charge in [0.1, 0.15) is 11.3 Å². The number of methoxy groups -OCH3 is 1. The summed E-state index contributed by atoms with van der Waals surface area (Å²) in [4.78, 5) is 24.3. The number of carbonyl (C=O) groups is 1. The number of nitrogens with one attached hydrogen (secondary N) is 2. The van der Waals surface area contributed by atoms with Crippen LogP contribution in [0.5, 0.6) is 5.75 Å². The van der Waals surface area contributed by atoms with Gasteiger partial charge in [-0.3, -0.25) is 4.79 Å². The fourth-order valence-electron chi connectivity index (χ4n) is 2.65. The van der Waals surface area contributed by atoms with Crippen LogP contribution in [0.1, 0.15) is 13.8 Å². The van der Waals surface area contributed by atoms with Crippen molar-refractivity contribution in [3.63, 3.8) is 0 Å². The maximum Gasteiger partial charge on any atom is 0.344 e. The van der Waals surface area contributed by atoms with Crippen molar-refractivity contribution in [1.29, 1.82) is 0 Å². The number of anilines is 1. The Hall–Kier alpha value is -3.19. The molecule has 144 valence electrons. The highest BCUT2D eigenvalue weighted by Crippen LogP contribution is 2.30. The lowest BCUT2D eigenvalue weighted by atomic mass is 10.0. The Morgan fingerprint density at radius 3 is 2.61 bits per heavy atom. The highest BCUT2D eigenvalue weighted by atomic mass is 32.1. The molecule has 28 heavy (non-hydrogen) atoms. The molecule has 6 nitrogen and oxygen atoms in total. The van der Waals surface area contributed by atoms with Gasteiger partial charge in [-0.2, -0.15) is 0 Å². The van der Waals surface area contributed by atoms with Crippen LogP contribution in [0.4, 0.5) is 5.69 Å². The summed E-state index contributed by atoms with van der Waals surface area (Å²) >= 11 is 5.21. The van der Waals surface area contributed by atoms with E-state index in [-0.39, 0.29) is 16.9 Å². The number of rotatable bonds is 4. The van der Waals surface area contributed by atoms with E-state index in [0.29, 0.717) is 28.1 Å². The van der Waals surface area contributed by atoms with Gasteiger partial charge in [0.2, 0.25) is 5.91 Å².